The van der Waals surface area contributed by atoms with Crippen LogP contribution in [0.4, 0.5) is 9.59 Å². The summed E-state index contributed by atoms with van der Waals surface area (Å²) >= 11 is 0. The van der Waals surface area contributed by atoms with Gasteiger partial charge >= 0.3 is 19.9 Å². The van der Waals surface area contributed by atoms with Crippen LogP contribution in [0.3, 0.4) is 0 Å². The van der Waals surface area contributed by atoms with Gasteiger partial charge in [-0.2, -0.15) is 0 Å². The number of nitrogens with zero attached hydrogens (tertiary/aromatic N) is 1. The maximum Gasteiger partial charge on any atom is 0.510 e. The number of carbonyl (C=O) groups excluding carboxylic acids is 3. The van der Waals surface area contributed by atoms with E-state index in [1.807, 2.05) is 0 Å². The highest BCUT2D eigenvalue weighted by Gasteiger charge is 2.27. The number of unbranched alkanes of at least 4 members (excludes halogenated alkanes) is 10. The minimum absolute atomic E-state index is 0.0337. The maximum atomic E-state index is 13.0. The molecule has 0 saturated carbocycles. The molecule has 0 radical (unpaired) electrons. The van der Waals surface area contributed by atoms with E-state index in [1.54, 1.807) is 0 Å². The Kier molecular flexibility index (Phi) is 23.0. The van der Waals surface area contributed by atoms with Crippen LogP contribution in [0.25, 0.3) is 0 Å². The summed E-state index contributed by atoms with van der Waals surface area (Å²) in [5, 5.41) is 9.57. The van der Waals surface area contributed by atoms with Crippen molar-refractivity contribution in [2.45, 2.75) is 104 Å². The Morgan fingerprint density at radius 1 is 0.658 bits per heavy atom. The number of rotatable bonds is 24. The molecular formula is C25H48NO11P. The topological polar surface area (TPSA) is 147 Å². The molecule has 38 heavy (non-hydrogen) atoms. The van der Waals surface area contributed by atoms with Crippen LogP contribution >= 0.6 is 7.60 Å². The first-order chi connectivity index (χ1) is 18.2. The van der Waals surface area contributed by atoms with Gasteiger partial charge in [0.05, 0.1) is 19.4 Å². The molecule has 0 heterocycles. The fraction of sp³-hybridized carbons (Fsp3) is 0.880. The van der Waals surface area contributed by atoms with E-state index in [1.165, 1.54) is 19.9 Å². The van der Waals surface area contributed by atoms with Gasteiger partial charge in [0.2, 0.25) is 19.5 Å². The third-order valence-electron chi connectivity index (χ3n) is 5.47. The summed E-state index contributed by atoms with van der Waals surface area (Å²) in [6.45, 7) is 3.23. The lowest BCUT2D eigenvalue weighted by atomic mass is 10.1. The van der Waals surface area contributed by atoms with Crippen LogP contribution in [-0.4, -0.2) is 68.5 Å². The SMILES string of the molecule is CCCCCCCCOC(=O)OCOP(=O)(CCCC(=O)N(C)O)OCOC(=O)OCCCCCCCC. The van der Waals surface area contributed by atoms with Crippen LogP contribution in [0.1, 0.15) is 104 Å². The lowest BCUT2D eigenvalue weighted by Crippen LogP contribution is -2.22. The van der Waals surface area contributed by atoms with Crippen LogP contribution in [0.15, 0.2) is 0 Å². The summed E-state index contributed by atoms with van der Waals surface area (Å²) in [7, 11) is -2.76. The fourth-order valence-electron chi connectivity index (χ4n) is 3.22. The van der Waals surface area contributed by atoms with E-state index in [0.717, 1.165) is 51.4 Å². The third kappa shape index (κ3) is 22.1. The predicted octanol–water partition coefficient (Wildman–Crippen LogP) is 6.78. The van der Waals surface area contributed by atoms with Crippen molar-refractivity contribution in [2.75, 3.05) is 40.0 Å². The number of hydroxylamine groups is 2. The van der Waals surface area contributed by atoms with Crippen LogP contribution in [-0.2, 0) is 37.4 Å². The van der Waals surface area contributed by atoms with Crippen molar-refractivity contribution >= 4 is 25.8 Å². The van der Waals surface area contributed by atoms with Crippen molar-refractivity contribution in [3.05, 3.63) is 0 Å². The molecule has 1 N–H and O–H groups in total. The summed E-state index contributed by atoms with van der Waals surface area (Å²) in [5.41, 5.74) is 0. The average molecular weight is 570 g/mol. The number of carbonyl (C=O) groups is 3. The fourth-order valence-corrected chi connectivity index (χ4v) is 4.53. The van der Waals surface area contributed by atoms with Gasteiger partial charge in [0.1, 0.15) is 0 Å². The summed E-state index contributed by atoms with van der Waals surface area (Å²) in [4.78, 5) is 35.0. The van der Waals surface area contributed by atoms with Gasteiger partial charge in [-0.15, -0.1) is 0 Å². The van der Waals surface area contributed by atoms with Crippen LogP contribution in [0.5, 0.6) is 0 Å². The molecule has 0 aromatic heterocycles. The molecule has 0 atom stereocenters. The number of ether oxygens (including phenoxy) is 4. The Morgan fingerprint density at radius 2 is 1.08 bits per heavy atom. The normalized spacial score (nSPS) is 11.2. The lowest BCUT2D eigenvalue weighted by molar-refractivity contribution is -0.159. The van der Waals surface area contributed by atoms with E-state index in [9.17, 15) is 18.9 Å². The highest BCUT2D eigenvalue weighted by atomic mass is 31.2. The van der Waals surface area contributed by atoms with Gasteiger partial charge in [0, 0.05) is 13.5 Å². The Bertz CT molecular complexity index is 636. The van der Waals surface area contributed by atoms with Gasteiger partial charge in [-0.3, -0.25) is 23.6 Å². The second-order valence-corrected chi connectivity index (χ2v) is 11.1. The second kappa shape index (κ2) is 24.2. The number of hydrogen-bond acceptors (Lipinski definition) is 11. The van der Waals surface area contributed by atoms with Crippen molar-refractivity contribution in [3.63, 3.8) is 0 Å². The first-order valence-electron chi connectivity index (χ1n) is 13.7. The van der Waals surface area contributed by atoms with E-state index in [-0.39, 0.29) is 32.2 Å². The molecule has 0 saturated heterocycles. The van der Waals surface area contributed by atoms with E-state index in [0.29, 0.717) is 17.9 Å². The van der Waals surface area contributed by atoms with E-state index in [2.05, 4.69) is 13.8 Å². The van der Waals surface area contributed by atoms with E-state index >= 15 is 0 Å². The summed E-state index contributed by atoms with van der Waals surface area (Å²) in [6, 6.07) is 0. The molecule has 0 aliphatic heterocycles. The van der Waals surface area contributed by atoms with Crippen LogP contribution in [0.2, 0.25) is 0 Å². The number of hydrogen-bond donors (Lipinski definition) is 1. The summed E-state index contributed by atoms with van der Waals surface area (Å²) < 4.78 is 42.8. The molecule has 12 nitrogen and oxygen atoms in total. The van der Waals surface area contributed by atoms with Gasteiger partial charge in [-0.1, -0.05) is 78.1 Å². The van der Waals surface area contributed by atoms with Crippen molar-refractivity contribution in [1.82, 2.24) is 5.06 Å². The van der Waals surface area contributed by atoms with Gasteiger partial charge < -0.3 is 18.9 Å². The predicted molar refractivity (Wildman–Crippen MR) is 140 cm³/mol. The smallest absolute Gasteiger partial charge is 0.434 e. The van der Waals surface area contributed by atoms with Crippen LogP contribution < -0.4 is 0 Å². The minimum Gasteiger partial charge on any atom is -0.434 e. The zero-order valence-corrected chi connectivity index (χ0v) is 24.3. The van der Waals surface area contributed by atoms with Crippen molar-refractivity contribution in [2.24, 2.45) is 0 Å². The first-order valence-corrected chi connectivity index (χ1v) is 15.4. The third-order valence-corrected chi connectivity index (χ3v) is 7.33. The molecule has 0 aliphatic rings. The first kappa shape index (κ1) is 36.1. The Labute approximate surface area is 227 Å². The lowest BCUT2D eigenvalue weighted by Gasteiger charge is -2.18. The quantitative estimate of drug-likeness (QED) is 0.0327. The van der Waals surface area contributed by atoms with Gasteiger partial charge in [-0.25, -0.2) is 14.7 Å². The standard InChI is InChI=1S/C25H48NO11P/c1-4-6-8-10-12-14-18-32-24(28)34-21-36-38(31,20-16-17-23(27)26(3)30)37-22-35-25(29)33-19-15-13-11-9-7-5-2/h30H,4-22H2,1-3H3. The Morgan fingerprint density at radius 3 is 1.50 bits per heavy atom. The van der Waals surface area contributed by atoms with E-state index < -0.39 is 39.4 Å². The molecule has 0 aromatic carbocycles. The van der Waals surface area contributed by atoms with Gasteiger partial charge in [0.25, 0.3) is 0 Å². The summed E-state index contributed by atoms with van der Waals surface area (Å²) in [5.74, 6) is -0.597. The Balaban J connectivity index is 4.38. The minimum atomic E-state index is -3.93. The monoisotopic (exact) mass is 569 g/mol. The highest BCUT2D eigenvalue weighted by Crippen LogP contribution is 2.49. The summed E-state index contributed by atoms with van der Waals surface area (Å²) in [6.07, 6.45) is 10.1. The maximum absolute atomic E-state index is 13.0. The Hall–Kier alpha value is -1.88. The molecule has 0 spiro atoms. The van der Waals surface area contributed by atoms with Gasteiger partial charge in [-0.05, 0) is 19.3 Å². The molecular weight excluding hydrogens is 521 g/mol. The zero-order chi connectivity index (χ0) is 28.5. The highest BCUT2D eigenvalue weighted by molar-refractivity contribution is 7.53. The molecule has 13 heteroatoms. The molecule has 0 unspecified atom stereocenters. The van der Waals surface area contributed by atoms with Gasteiger partial charge in [0.15, 0.2) is 0 Å². The largest absolute Gasteiger partial charge is 0.510 e. The van der Waals surface area contributed by atoms with Crippen molar-refractivity contribution in [1.29, 1.82) is 0 Å². The molecule has 0 aromatic rings. The van der Waals surface area contributed by atoms with Crippen LogP contribution in [0, 0.1) is 0 Å². The van der Waals surface area contributed by atoms with Crippen molar-refractivity contribution in [3.8, 4) is 0 Å². The molecule has 224 valence electrons. The molecule has 0 fully saturated rings. The molecule has 0 rings (SSSR count). The average Bonchev–Trinajstić information content (AvgIpc) is 2.87. The second-order valence-electron chi connectivity index (χ2n) is 8.87. The van der Waals surface area contributed by atoms with Crippen molar-refractivity contribution < 1.29 is 52.2 Å². The van der Waals surface area contributed by atoms with E-state index in [4.69, 9.17) is 33.2 Å². The molecule has 1 amide bonds. The molecule has 0 aliphatic carbocycles. The molecule has 0 bridgehead atoms. The zero-order valence-electron chi connectivity index (χ0n) is 23.4. The number of amides is 1.